The SMILES string of the molecule is CNc1cccc(C(=O)N2CCC3(O)CCCCC3C2)n1. The topological polar surface area (TPSA) is 65.5 Å². The summed E-state index contributed by atoms with van der Waals surface area (Å²) in [7, 11) is 1.79. The molecule has 0 spiro atoms. The zero-order valence-electron chi connectivity index (χ0n) is 12.5. The van der Waals surface area contributed by atoms with Gasteiger partial charge in [-0.25, -0.2) is 4.98 Å². The minimum atomic E-state index is -0.546. The van der Waals surface area contributed by atoms with E-state index in [0.717, 1.165) is 25.7 Å². The molecule has 2 atom stereocenters. The number of hydrogen-bond acceptors (Lipinski definition) is 4. The summed E-state index contributed by atoms with van der Waals surface area (Å²) >= 11 is 0. The number of nitrogens with zero attached hydrogens (tertiary/aromatic N) is 2. The highest BCUT2D eigenvalue weighted by Gasteiger charge is 2.43. The van der Waals surface area contributed by atoms with Gasteiger partial charge in [-0.3, -0.25) is 4.79 Å². The maximum Gasteiger partial charge on any atom is 0.272 e. The molecule has 0 radical (unpaired) electrons. The van der Waals surface area contributed by atoms with Gasteiger partial charge in [0.25, 0.3) is 5.91 Å². The van der Waals surface area contributed by atoms with E-state index in [9.17, 15) is 9.90 Å². The fourth-order valence-electron chi connectivity index (χ4n) is 3.61. The third-order valence-corrected chi connectivity index (χ3v) is 4.94. The molecule has 2 unspecified atom stereocenters. The molecular weight excluding hydrogens is 266 g/mol. The van der Waals surface area contributed by atoms with Crippen molar-refractivity contribution in [2.75, 3.05) is 25.5 Å². The van der Waals surface area contributed by atoms with Gasteiger partial charge in [0.1, 0.15) is 11.5 Å². The zero-order chi connectivity index (χ0) is 14.9. The number of amides is 1. The number of carbonyl (C=O) groups is 1. The summed E-state index contributed by atoms with van der Waals surface area (Å²) in [5.41, 5.74) is -0.0713. The summed E-state index contributed by atoms with van der Waals surface area (Å²) in [6.45, 7) is 1.28. The average Bonchev–Trinajstić information content (AvgIpc) is 2.53. The van der Waals surface area contributed by atoms with Gasteiger partial charge in [0.05, 0.1) is 5.60 Å². The summed E-state index contributed by atoms with van der Waals surface area (Å²) in [4.78, 5) is 18.8. The Balaban J connectivity index is 1.74. The van der Waals surface area contributed by atoms with Crippen LogP contribution in [0, 0.1) is 5.92 Å². The lowest BCUT2D eigenvalue weighted by Crippen LogP contribution is -2.54. The Hall–Kier alpha value is -1.62. The van der Waals surface area contributed by atoms with Crippen molar-refractivity contribution >= 4 is 11.7 Å². The molecule has 2 fully saturated rings. The highest BCUT2D eigenvalue weighted by molar-refractivity contribution is 5.92. The predicted octanol–water partition coefficient (Wildman–Crippen LogP) is 1.89. The van der Waals surface area contributed by atoms with Crippen LogP contribution in [0.1, 0.15) is 42.6 Å². The Bertz CT molecular complexity index is 534. The number of fused-ring (bicyclic) bond motifs is 1. The van der Waals surface area contributed by atoms with Gasteiger partial charge in [0, 0.05) is 26.1 Å². The van der Waals surface area contributed by atoms with Crippen LogP contribution in [0.3, 0.4) is 0 Å². The second kappa shape index (κ2) is 5.64. The predicted molar refractivity (Wildman–Crippen MR) is 81.2 cm³/mol. The molecule has 2 N–H and O–H groups in total. The van der Waals surface area contributed by atoms with Gasteiger partial charge in [-0.15, -0.1) is 0 Å². The van der Waals surface area contributed by atoms with Crippen LogP contribution in [-0.2, 0) is 0 Å². The lowest BCUT2D eigenvalue weighted by Gasteiger charge is -2.47. The summed E-state index contributed by atoms with van der Waals surface area (Å²) in [5, 5.41) is 13.6. The Morgan fingerprint density at radius 1 is 1.43 bits per heavy atom. The van der Waals surface area contributed by atoms with E-state index in [4.69, 9.17) is 0 Å². The Morgan fingerprint density at radius 3 is 3.10 bits per heavy atom. The third-order valence-electron chi connectivity index (χ3n) is 4.94. The first-order chi connectivity index (χ1) is 10.1. The average molecular weight is 289 g/mol. The van der Waals surface area contributed by atoms with Gasteiger partial charge < -0.3 is 15.3 Å². The standard InChI is InChI=1S/C16H23N3O2/c1-17-14-7-4-6-13(18-14)15(20)19-10-9-16(21)8-3-2-5-12(16)11-19/h4,6-7,12,21H,2-3,5,8-11H2,1H3,(H,17,18). The summed E-state index contributed by atoms with van der Waals surface area (Å²) in [6.07, 6.45) is 4.85. The maximum absolute atomic E-state index is 12.6. The van der Waals surface area contributed by atoms with E-state index in [0.29, 0.717) is 31.0 Å². The van der Waals surface area contributed by atoms with E-state index in [1.807, 2.05) is 17.0 Å². The molecule has 5 heteroatoms. The molecule has 1 aliphatic heterocycles. The van der Waals surface area contributed by atoms with Crippen LogP contribution in [0.4, 0.5) is 5.82 Å². The van der Waals surface area contributed by atoms with Gasteiger partial charge in [-0.2, -0.15) is 0 Å². The van der Waals surface area contributed by atoms with E-state index in [-0.39, 0.29) is 11.8 Å². The van der Waals surface area contributed by atoms with Gasteiger partial charge in [-0.05, 0) is 31.4 Å². The number of pyridine rings is 1. The lowest BCUT2D eigenvalue weighted by atomic mass is 9.71. The van der Waals surface area contributed by atoms with Crippen LogP contribution in [0.2, 0.25) is 0 Å². The van der Waals surface area contributed by atoms with Gasteiger partial charge >= 0.3 is 0 Å². The van der Waals surface area contributed by atoms with Crippen molar-refractivity contribution in [1.29, 1.82) is 0 Å². The number of aliphatic hydroxyl groups is 1. The second-order valence-electron chi connectivity index (χ2n) is 6.21. The number of carbonyl (C=O) groups excluding carboxylic acids is 1. The number of rotatable bonds is 2. The van der Waals surface area contributed by atoms with Crippen LogP contribution in [0.5, 0.6) is 0 Å². The molecule has 1 amide bonds. The molecule has 0 aromatic carbocycles. The largest absolute Gasteiger partial charge is 0.389 e. The number of piperidine rings is 1. The van der Waals surface area contributed by atoms with Crippen LogP contribution in [0.15, 0.2) is 18.2 Å². The number of nitrogens with one attached hydrogen (secondary N) is 1. The normalized spacial score (nSPS) is 28.9. The number of hydrogen-bond donors (Lipinski definition) is 2. The van der Waals surface area contributed by atoms with Gasteiger partial charge in [0.2, 0.25) is 0 Å². The molecule has 1 saturated heterocycles. The molecule has 1 saturated carbocycles. The van der Waals surface area contributed by atoms with Crippen molar-refractivity contribution in [2.24, 2.45) is 5.92 Å². The molecule has 1 aromatic rings. The lowest BCUT2D eigenvalue weighted by molar-refractivity contribution is -0.0886. The van der Waals surface area contributed by atoms with Crippen molar-refractivity contribution in [3.8, 4) is 0 Å². The molecule has 21 heavy (non-hydrogen) atoms. The van der Waals surface area contributed by atoms with Crippen LogP contribution >= 0.6 is 0 Å². The molecule has 114 valence electrons. The van der Waals surface area contributed by atoms with Crippen molar-refractivity contribution in [3.63, 3.8) is 0 Å². The van der Waals surface area contributed by atoms with Crippen molar-refractivity contribution in [3.05, 3.63) is 23.9 Å². The van der Waals surface area contributed by atoms with Crippen LogP contribution in [-0.4, -0.2) is 46.6 Å². The fourth-order valence-corrected chi connectivity index (χ4v) is 3.61. The quantitative estimate of drug-likeness (QED) is 0.872. The van der Waals surface area contributed by atoms with Crippen molar-refractivity contribution < 1.29 is 9.90 Å². The summed E-state index contributed by atoms with van der Waals surface area (Å²) in [6, 6.07) is 5.44. The molecule has 0 bridgehead atoms. The van der Waals surface area contributed by atoms with E-state index in [2.05, 4.69) is 10.3 Å². The van der Waals surface area contributed by atoms with Crippen LogP contribution < -0.4 is 5.32 Å². The van der Waals surface area contributed by atoms with E-state index in [1.165, 1.54) is 0 Å². The Morgan fingerprint density at radius 2 is 2.29 bits per heavy atom. The van der Waals surface area contributed by atoms with E-state index < -0.39 is 5.60 Å². The fraction of sp³-hybridized carbons (Fsp3) is 0.625. The van der Waals surface area contributed by atoms with Gasteiger partial charge in [0.15, 0.2) is 0 Å². The minimum absolute atomic E-state index is 0.0280. The first kappa shape index (κ1) is 14.3. The van der Waals surface area contributed by atoms with Crippen molar-refractivity contribution in [1.82, 2.24) is 9.88 Å². The monoisotopic (exact) mass is 289 g/mol. The molecule has 2 heterocycles. The van der Waals surface area contributed by atoms with Gasteiger partial charge in [-0.1, -0.05) is 18.9 Å². The summed E-state index contributed by atoms with van der Waals surface area (Å²) < 4.78 is 0. The number of aromatic nitrogens is 1. The smallest absolute Gasteiger partial charge is 0.272 e. The molecular formula is C16H23N3O2. The Kier molecular flexibility index (Phi) is 3.85. The highest BCUT2D eigenvalue weighted by Crippen LogP contribution is 2.39. The Labute approximate surface area is 125 Å². The van der Waals surface area contributed by atoms with E-state index in [1.54, 1.807) is 13.1 Å². The maximum atomic E-state index is 12.6. The summed E-state index contributed by atoms with van der Waals surface area (Å²) in [5.74, 6) is 0.892. The number of likely N-dealkylation sites (tertiary alicyclic amines) is 1. The second-order valence-corrected chi connectivity index (χ2v) is 6.21. The zero-order valence-corrected chi connectivity index (χ0v) is 12.5. The molecule has 1 aromatic heterocycles. The minimum Gasteiger partial charge on any atom is -0.389 e. The highest BCUT2D eigenvalue weighted by atomic mass is 16.3. The molecule has 5 nitrogen and oxygen atoms in total. The van der Waals surface area contributed by atoms with Crippen LogP contribution in [0.25, 0.3) is 0 Å². The first-order valence-corrected chi connectivity index (χ1v) is 7.79. The molecule has 1 aliphatic carbocycles. The number of anilines is 1. The molecule has 3 rings (SSSR count). The van der Waals surface area contributed by atoms with Crippen molar-refractivity contribution in [2.45, 2.75) is 37.7 Å². The van der Waals surface area contributed by atoms with E-state index >= 15 is 0 Å². The third kappa shape index (κ3) is 2.75. The molecule has 2 aliphatic rings. The first-order valence-electron chi connectivity index (χ1n) is 7.79.